The third-order valence-electron chi connectivity index (χ3n) is 2.05. The van der Waals surface area contributed by atoms with E-state index in [1.54, 1.807) is 24.3 Å². The second kappa shape index (κ2) is 4.57. The zero-order chi connectivity index (χ0) is 10.7. The van der Waals surface area contributed by atoms with Gasteiger partial charge in [0.1, 0.15) is 0 Å². The number of halogens is 1. The van der Waals surface area contributed by atoms with Crippen LogP contribution in [-0.4, -0.2) is 0 Å². The van der Waals surface area contributed by atoms with Gasteiger partial charge in [-0.2, -0.15) is 0 Å². The summed E-state index contributed by atoms with van der Waals surface area (Å²) in [5, 5.41) is 2.31. The van der Waals surface area contributed by atoms with Crippen LogP contribution >= 0.6 is 19.4 Å². The normalized spacial score (nSPS) is 11.1. The van der Waals surface area contributed by atoms with Crippen LogP contribution in [0.3, 0.4) is 0 Å². The van der Waals surface area contributed by atoms with Crippen LogP contribution in [0.25, 0.3) is 0 Å². The first-order valence-corrected chi connectivity index (χ1v) is 6.19. The van der Waals surface area contributed by atoms with Crippen molar-refractivity contribution in [3.05, 3.63) is 59.6 Å². The van der Waals surface area contributed by atoms with Crippen molar-refractivity contribution in [2.24, 2.45) is 0 Å². The molecule has 0 N–H and O–H groups in total. The van der Waals surface area contributed by atoms with Crippen molar-refractivity contribution in [1.29, 1.82) is 0 Å². The molecule has 1 unspecified atom stereocenters. The Kier molecular flexibility index (Phi) is 3.15. The van der Waals surface area contributed by atoms with Gasteiger partial charge in [0.2, 0.25) is 0 Å². The topological polar surface area (TPSA) is 17.1 Å². The predicted octanol–water partition coefficient (Wildman–Crippen LogP) is 3.12. The van der Waals surface area contributed by atoms with E-state index in [9.17, 15) is 4.57 Å². The minimum atomic E-state index is -1.49. The second-order valence-corrected chi connectivity index (χ2v) is 5.16. The van der Waals surface area contributed by atoms with Crippen molar-refractivity contribution in [2.75, 3.05) is 0 Å². The summed E-state index contributed by atoms with van der Waals surface area (Å²) in [7, 11) is -1.49. The Morgan fingerprint density at radius 2 is 1.33 bits per heavy atom. The number of hydrogen-bond acceptors (Lipinski definition) is 1. The van der Waals surface area contributed by atoms with Gasteiger partial charge in [-0.15, -0.1) is 0 Å². The highest BCUT2D eigenvalue weighted by atomic mass is 35.5. The molecule has 0 amide bonds. The molecule has 0 bridgehead atoms. The zero-order valence-electron chi connectivity index (χ0n) is 7.93. The molecule has 0 aliphatic heterocycles. The molecule has 0 radical (unpaired) electrons. The molecule has 0 fully saturated rings. The Morgan fingerprint density at radius 3 is 1.93 bits per heavy atom. The summed E-state index contributed by atoms with van der Waals surface area (Å²) in [6.07, 6.45) is 0. The molecule has 0 aliphatic rings. The molecular formula is C12H9ClOP+. The standard InChI is InChI=1S/C12H9ClOP/c13-10-6-8-12(9-7-10)15(14)11-4-2-1-3-5-11/h1-9H/q+1. The summed E-state index contributed by atoms with van der Waals surface area (Å²) in [6.45, 7) is 0. The van der Waals surface area contributed by atoms with E-state index < -0.39 is 7.80 Å². The molecule has 1 nitrogen and oxygen atoms in total. The molecule has 2 aromatic rings. The van der Waals surface area contributed by atoms with Gasteiger partial charge in [-0.1, -0.05) is 34.4 Å². The van der Waals surface area contributed by atoms with Gasteiger partial charge in [0.25, 0.3) is 0 Å². The van der Waals surface area contributed by atoms with Gasteiger partial charge in [-0.25, -0.2) is 0 Å². The number of benzene rings is 2. The third-order valence-corrected chi connectivity index (χ3v) is 3.84. The van der Waals surface area contributed by atoms with E-state index >= 15 is 0 Å². The van der Waals surface area contributed by atoms with Gasteiger partial charge in [-0.05, 0) is 36.4 Å². The molecule has 0 heterocycles. The van der Waals surface area contributed by atoms with E-state index in [1.807, 2.05) is 30.3 Å². The Hall–Kier alpha value is -1.17. The average molecular weight is 236 g/mol. The lowest BCUT2D eigenvalue weighted by molar-refractivity contribution is 0.598. The molecular weight excluding hydrogens is 227 g/mol. The van der Waals surface area contributed by atoms with Crippen molar-refractivity contribution < 1.29 is 4.57 Å². The first-order chi connectivity index (χ1) is 7.27. The Labute approximate surface area is 94.5 Å². The molecule has 0 aliphatic carbocycles. The smallest absolute Gasteiger partial charge is 0.0843 e. The fourth-order valence-electron chi connectivity index (χ4n) is 1.29. The van der Waals surface area contributed by atoms with Crippen LogP contribution in [0.1, 0.15) is 0 Å². The first-order valence-electron chi connectivity index (χ1n) is 4.55. The van der Waals surface area contributed by atoms with Crippen LogP contribution < -0.4 is 10.6 Å². The summed E-state index contributed by atoms with van der Waals surface area (Å²) < 4.78 is 12.1. The van der Waals surface area contributed by atoms with Crippen LogP contribution in [-0.2, 0) is 4.57 Å². The van der Waals surface area contributed by atoms with Gasteiger partial charge in [0, 0.05) is 5.02 Å². The van der Waals surface area contributed by atoms with E-state index in [1.165, 1.54) is 0 Å². The van der Waals surface area contributed by atoms with E-state index in [2.05, 4.69) is 0 Å². The second-order valence-electron chi connectivity index (χ2n) is 3.11. The lowest BCUT2D eigenvalue weighted by Gasteiger charge is -1.89. The Bertz CT molecular complexity index is 465. The summed E-state index contributed by atoms with van der Waals surface area (Å²) in [6, 6.07) is 16.5. The molecule has 0 spiro atoms. The maximum absolute atomic E-state index is 12.1. The fourth-order valence-corrected chi connectivity index (χ4v) is 2.58. The largest absolute Gasteiger partial charge is 0.415 e. The highest BCUT2D eigenvalue weighted by Gasteiger charge is 2.22. The predicted molar refractivity (Wildman–Crippen MR) is 64.8 cm³/mol. The molecule has 0 aromatic heterocycles. The Morgan fingerprint density at radius 1 is 0.800 bits per heavy atom. The average Bonchev–Trinajstić information content (AvgIpc) is 2.30. The molecule has 0 saturated carbocycles. The summed E-state index contributed by atoms with van der Waals surface area (Å²) in [5.41, 5.74) is 0. The highest BCUT2D eigenvalue weighted by Crippen LogP contribution is 2.20. The molecule has 3 heteroatoms. The lowest BCUT2D eigenvalue weighted by atomic mass is 10.4. The number of hydrogen-bond donors (Lipinski definition) is 0. The van der Waals surface area contributed by atoms with Gasteiger partial charge in [0.15, 0.2) is 10.6 Å². The fraction of sp³-hybridized carbons (Fsp3) is 0. The van der Waals surface area contributed by atoms with Gasteiger partial charge >= 0.3 is 7.80 Å². The van der Waals surface area contributed by atoms with Crippen LogP contribution in [0.2, 0.25) is 5.02 Å². The first kappa shape index (κ1) is 10.4. The van der Waals surface area contributed by atoms with Crippen molar-refractivity contribution in [3.63, 3.8) is 0 Å². The van der Waals surface area contributed by atoms with E-state index in [-0.39, 0.29) is 0 Å². The van der Waals surface area contributed by atoms with E-state index in [0.29, 0.717) is 5.02 Å². The quantitative estimate of drug-likeness (QED) is 0.731. The summed E-state index contributed by atoms with van der Waals surface area (Å²) in [5.74, 6) is 0. The van der Waals surface area contributed by atoms with Gasteiger partial charge in [0.05, 0.1) is 0 Å². The summed E-state index contributed by atoms with van der Waals surface area (Å²) in [4.78, 5) is 0. The van der Waals surface area contributed by atoms with E-state index in [4.69, 9.17) is 11.6 Å². The molecule has 2 rings (SSSR count). The van der Waals surface area contributed by atoms with Crippen molar-refractivity contribution in [3.8, 4) is 0 Å². The minimum Gasteiger partial charge on any atom is -0.0843 e. The van der Waals surface area contributed by atoms with E-state index in [0.717, 1.165) is 10.6 Å². The summed E-state index contributed by atoms with van der Waals surface area (Å²) >= 11 is 5.77. The monoisotopic (exact) mass is 235 g/mol. The zero-order valence-corrected chi connectivity index (χ0v) is 9.58. The molecule has 1 atom stereocenters. The van der Waals surface area contributed by atoms with Crippen molar-refractivity contribution >= 4 is 30.0 Å². The third kappa shape index (κ3) is 2.44. The number of rotatable bonds is 2. The Balaban J connectivity index is 2.33. The SMILES string of the molecule is O=[P+](c1ccccc1)c1ccc(Cl)cc1. The molecule has 0 saturated heterocycles. The molecule has 74 valence electrons. The lowest BCUT2D eigenvalue weighted by Crippen LogP contribution is -2.05. The van der Waals surface area contributed by atoms with Crippen LogP contribution in [0.4, 0.5) is 0 Å². The van der Waals surface area contributed by atoms with Crippen LogP contribution in [0, 0.1) is 0 Å². The molecule has 2 aromatic carbocycles. The van der Waals surface area contributed by atoms with Crippen molar-refractivity contribution in [2.45, 2.75) is 0 Å². The van der Waals surface area contributed by atoms with Crippen LogP contribution in [0.5, 0.6) is 0 Å². The maximum Gasteiger partial charge on any atom is 0.415 e. The van der Waals surface area contributed by atoms with Gasteiger partial charge in [-0.3, -0.25) is 0 Å². The maximum atomic E-state index is 12.1. The highest BCUT2D eigenvalue weighted by molar-refractivity contribution is 7.61. The van der Waals surface area contributed by atoms with Gasteiger partial charge < -0.3 is 0 Å². The molecule has 15 heavy (non-hydrogen) atoms. The minimum absolute atomic E-state index is 0.662. The van der Waals surface area contributed by atoms with Crippen molar-refractivity contribution in [1.82, 2.24) is 0 Å². The van der Waals surface area contributed by atoms with Crippen LogP contribution in [0.15, 0.2) is 54.6 Å².